The van der Waals surface area contributed by atoms with Gasteiger partial charge in [0.05, 0.1) is 11.7 Å². The molecule has 1 aromatic rings. The number of benzene rings is 1. The van der Waals surface area contributed by atoms with Gasteiger partial charge < -0.3 is 10.0 Å². The number of β-amino-alcohol motifs (C(OH)–C–C–N with tert-alkyl or cyclic N) is 1. The van der Waals surface area contributed by atoms with Gasteiger partial charge in [-0.3, -0.25) is 4.79 Å². The van der Waals surface area contributed by atoms with Crippen molar-refractivity contribution >= 4 is 17.7 Å². The Labute approximate surface area is 99.5 Å². The second-order valence-electron chi connectivity index (χ2n) is 3.89. The molecule has 4 heteroatoms. The van der Waals surface area contributed by atoms with Crippen LogP contribution < -0.4 is 0 Å². The van der Waals surface area contributed by atoms with Crippen LogP contribution in [0.4, 0.5) is 0 Å². The molecule has 0 aromatic heterocycles. The minimum atomic E-state index is -0.356. The first kappa shape index (κ1) is 11.5. The van der Waals surface area contributed by atoms with Crippen molar-refractivity contribution < 1.29 is 9.90 Å². The topological polar surface area (TPSA) is 40.5 Å². The number of aliphatic hydroxyl groups excluding tert-OH is 1. The van der Waals surface area contributed by atoms with Gasteiger partial charge in [0.15, 0.2) is 0 Å². The van der Waals surface area contributed by atoms with Crippen molar-refractivity contribution in [3.8, 4) is 0 Å². The van der Waals surface area contributed by atoms with Crippen LogP contribution in [0.5, 0.6) is 0 Å². The van der Waals surface area contributed by atoms with Crippen molar-refractivity contribution in [1.29, 1.82) is 0 Å². The molecule has 1 aliphatic rings. The fourth-order valence-electron chi connectivity index (χ4n) is 1.92. The predicted octanol–water partition coefficient (Wildman–Crippen LogP) is 1.62. The number of hydrogen-bond acceptors (Lipinski definition) is 3. The third-order valence-electron chi connectivity index (χ3n) is 2.79. The third-order valence-corrected chi connectivity index (χ3v) is 3.58. The van der Waals surface area contributed by atoms with Gasteiger partial charge in [0.2, 0.25) is 0 Å². The summed E-state index contributed by atoms with van der Waals surface area (Å²) in [5.74, 6) is 0.0292. The molecule has 1 saturated heterocycles. The molecule has 1 heterocycles. The Morgan fingerprint density at radius 1 is 1.50 bits per heavy atom. The largest absolute Gasteiger partial charge is 0.391 e. The number of carbonyl (C=O) groups excluding carboxylic acids is 1. The summed E-state index contributed by atoms with van der Waals surface area (Å²) in [5.41, 5.74) is 0.740. The molecule has 86 valence electrons. The zero-order chi connectivity index (χ0) is 11.5. The molecule has 1 atom stereocenters. The number of hydrogen-bond donors (Lipinski definition) is 1. The minimum Gasteiger partial charge on any atom is -0.391 e. The van der Waals surface area contributed by atoms with Crippen LogP contribution in [0, 0.1) is 0 Å². The first-order valence-electron chi connectivity index (χ1n) is 5.32. The molecule has 1 amide bonds. The van der Waals surface area contributed by atoms with Gasteiger partial charge in [-0.15, -0.1) is 11.8 Å². The Morgan fingerprint density at radius 2 is 2.25 bits per heavy atom. The van der Waals surface area contributed by atoms with E-state index in [1.807, 2.05) is 30.5 Å². The van der Waals surface area contributed by atoms with E-state index in [2.05, 4.69) is 0 Å². The van der Waals surface area contributed by atoms with Crippen molar-refractivity contribution in [2.24, 2.45) is 0 Å². The molecule has 16 heavy (non-hydrogen) atoms. The van der Waals surface area contributed by atoms with E-state index in [9.17, 15) is 9.90 Å². The quantitative estimate of drug-likeness (QED) is 0.795. The molecule has 0 radical (unpaired) electrons. The fourth-order valence-corrected chi connectivity index (χ4v) is 2.51. The third kappa shape index (κ3) is 2.23. The summed E-state index contributed by atoms with van der Waals surface area (Å²) in [5, 5.41) is 9.42. The van der Waals surface area contributed by atoms with Crippen molar-refractivity contribution in [2.75, 3.05) is 19.3 Å². The number of likely N-dealkylation sites (tertiary alicyclic amines) is 1. The lowest BCUT2D eigenvalue weighted by molar-refractivity contribution is 0.0761. The van der Waals surface area contributed by atoms with E-state index in [0.717, 1.165) is 10.5 Å². The average Bonchev–Trinajstić information content (AvgIpc) is 2.75. The van der Waals surface area contributed by atoms with Crippen LogP contribution in [0.1, 0.15) is 16.8 Å². The predicted molar refractivity (Wildman–Crippen MR) is 64.8 cm³/mol. The number of carbonyl (C=O) groups is 1. The molecule has 0 saturated carbocycles. The monoisotopic (exact) mass is 237 g/mol. The molecule has 1 aromatic carbocycles. The van der Waals surface area contributed by atoms with Gasteiger partial charge in [0, 0.05) is 18.0 Å². The Kier molecular flexibility index (Phi) is 3.51. The van der Waals surface area contributed by atoms with Crippen LogP contribution >= 0.6 is 11.8 Å². The molecule has 0 bridgehead atoms. The Balaban J connectivity index is 2.20. The standard InChI is InChI=1S/C12H15NO2S/c1-16-11-5-3-2-4-10(11)12(15)13-7-6-9(14)8-13/h2-5,9,14H,6-8H2,1H3/t9-/m1/s1. The molecule has 1 aliphatic heterocycles. The Bertz CT molecular complexity index is 394. The zero-order valence-corrected chi connectivity index (χ0v) is 10.0. The molecule has 2 rings (SSSR count). The lowest BCUT2D eigenvalue weighted by Gasteiger charge is -2.17. The van der Waals surface area contributed by atoms with E-state index in [0.29, 0.717) is 19.5 Å². The molecule has 0 unspecified atom stereocenters. The first-order valence-corrected chi connectivity index (χ1v) is 6.55. The van der Waals surface area contributed by atoms with E-state index >= 15 is 0 Å². The van der Waals surface area contributed by atoms with Gasteiger partial charge in [-0.1, -0.05) is 12.1 Å². The van der Waals surface area contributed by atoms with E-state index < -0.39 is 0 Å². The van der Waals surface area contributed by atoms with Crippen LogP contribution in [-0.2, 0) is 0 Å². The van der Waals surface area contributed by atoms with Crippen LogP contribution in [0.25, 0.3) is 0 Å². The van der Waals surface area contributed by atoms with Gasteiger partial charge in [0.25, 0.3) is 5.91 Å². The van der Waals surface area contributed by atoms with Gasteiger partial charge >= 0.3 is 0 Å². The number of nitrogens with zero attached hydrogens (tertiary/aromatic N) is 1. The zero-order valence-electron chi connectivity index (χ0n) is 9.22. The minimum absolute atomic E-state index is 0.0292. The van der Waals surface area contributed by atoms with Crippen molar-refractivity contribution in [1.82, 2.24) is 4.90 Å². The summed E-state index contributed by atoms with van der Waals surface area (Å²) in [6, 6.07) is 7.60. The Morgan fingerprint density at radius 3 is 2.88 bits per heavy atom. The van der Waals surface area contributed by atoms with Gasteiger partial charge in [0.1, 0.15) is 0 Å². The summed E-state index contributed by atoms with van der Waals surface area (Å²) < 4.78 is 0. The highest BCUT2D eigenvalue weighted by Crippen LogP contribution is 2.22. The maximum absolute atomic E-state index is 12.2. The van der Waals surface area contributed by atoms with E-state index in [4.69, 9.17) is 0 Å². The highest BCUT2D eigenvalue weighted by Gasteiger charge is 2.26. The first-order chi connectivity index (χ1) is 7.72. The second kappa shape index (κ2) is 4.89. The van der Waals surface area contributed by atoms with E-state index in [1.165, 1.54) is 0 Å². The lowest BCUT2D eigenvalue weighted by atomic mass is 10.2. The summed E-state index contributed by atoms with van der Waals surface area (Å²) in [7, 11) is 0. The molecular formula is C12H15NO2S. The molecule has 0 spiro atoms. The molecular weight excluding hydrogens is 222 g/mol. The van der Waals surface area contributed by atoms with Crippen molar-refractivity contribution in [2.45, 2.75) is 17.4 Å². The van der Waals surface area contributed by atoms with Crippen LogP contribution in [-0.4, -0.2) is 41.4 Å². The summed E-state index contributed by atoms with van der Waals surface area (Å²) in [4.78, 5) is 14.9. The van der Waals surface area contributed by atoms with Crippen molar-refractivity contribution in [3.05, 3.63) is 29.8 Å². The van der Waals surface area contributed by atoms with Crippen molar-refractivity contribution in [3.63, 3.8) is 0 Å². The number of amides is 1. The Hall–Kier alpha value is -1.00. The lowest BCUT2D eigenvalue weighted by Crippen LogP contribution is -2.29. The number of thioether (sulfide) groups is 1. The van der Waals surface area contributed by atoms with Gasteiger partial charge in [-0.25, -0.2) is 0 Å². The van der Waals surface area contributed by atoms with Crippen LogP contribution in [0.15, 0.2) is 29.2 Å². The van der Waals surface area contributed by atoms with E-state index in [-0.39, 0.29) is 12.0 Å². The molecule has 3 nitrogen and oxygen atoms in total. The number of aliphatic hydroxyl groups is 1. The maximum Gasteiger partial charge on any atom is 0.255 e. The highest BCUT2D eigenvalue weighted by atomic mass is 32.2. The van der Waals surface area contributed by atoms with Gasteiger partial charge in [-0.05, 0) is 24.8 Å². The van der Waals surface area contributed by atoms with Crippen LogP contribution in [0.3, 0.4) is 0 Å². The fraction of sp³-hybridized carbons (Fsp3) is 0.417. The molecule has 1 fully saturated rings. The maximum atomic E-state index is 12.2. The second-order valence-corrected chi connectivity index (χ2v) is 4.74. The SMILES string of the molecule is CSc1ccccc1C(=O)N1CC[C@@H](O)C1. The molecule has 0 aliphatic carbocycles. The summed E-state index contributed by atoms with van der Waals surface area (Å²) in [6.45, 7) is 1.12. The molecule has 1 N–H and O–H groups in total. The van der Waals surface area contributed by atoms with Gasteiger partial charge in [-0.2, -0.15) is 0 Å². The number of rotatable bonds is 2. The normalized spacial score (nSPS) is 20.1. The highest BCUT2D eigenvalue weighted by molar-refractivity contribution is 7.98. The van der Waals surface area contributed by atoms with Crippen LogP contribution in [0.2, 0.25) is 0 Å². The van der Waals surface area contributed by atoms with E-state index in [1.54, 1.807) is 16.7 Å². The smallest absolute Gasteiger partial charge is 0.255 e. The summed E-state index contributed by atoms with van der Waals surface area (Å²) in [6.07, 6.45) is 2.29. The average molecular weight is 237 g/mol. The summed E-state index contributed by atoms with van der Waals surface area (Å²) >= 11 is 1.57.